The molecule has 1 aliphatic rings. The van der Waals surface area contributed by atoms with E-state index in [1.807, 2.05) is 20.8 Å². The van der Waals surface area contributed by atoms with Gasteiger partial charge in [0.15, 0.2) is 0 Å². The van der Waals surface area contributed by atoms with Crippen LogP contribution in [0.2, 0.25) is 0 Å². The van der Waals surface area contributed by atoms with Crippen LogP contribution >= 0.6 is 0 Å². The maximum absolute atomic E-state index is 12.2. The summed E-state index contributed by atoms with van der Waals surface area (Å²) in [4.78, 5) is 12.2. The van der Waals surface area contributed by atoms with Gasteiger partial charge in [0.25, 0.3) is 0 Å². The maximum atomic E-state index is 12.2. The molecular formula is C21H38O6. The smallest absolute Gasteiger partial charge is 0.330 e. The zero-order valence-electron chi connectivity index (χ0n) is 17.9. The van der Waals surface area contributed by atoms with Crippen LogP contribution in [0.5, 0.6) is 0 Å². The lowest BCUT2D eigenvalue weighted by molar-refractivity contribution is -0.152. The molecule has 0 fully saturated rings. The van der Waals surface area contributed by atoms with Crippen molar-refractivity contribution in [1.29, 1.82) is 0 Å². The first kappa shape index (κ1) is 24.1. The third-order valence-electron chi connectivity index (χ3n) is 5.77. The van der Waals surface area contributed by atoms with E-state index >= 15 is 0 Å². The molecule has 0 aromatic rings. The van der Waals surface area contributed by atoms with Crippen molar-refractivity contribution >= 4 is 5.97 Å². The zero-order chi connectivity index (χ0) is 20.6. The number of carbonyl (C=O) groups excluding carboxylic acids is 1. The fraction of sp³-hybridized carbons (Fsp3) is 0.857. The summed E-state index contributed by atoms with van der Waals surface area (Å²) in [5.74, 6) is -0.425. The molecule has 27 heavy (non-hydrogen) atoms. The highest BCUT2D eigenvalue weighted by molar-refractivity contribution is 5.82. The standard InChI is InChI=1S/C21H38O6/c1-13(2)21-14(3)17(22)12-19(26-7)15(4)18(25-6)11-16(24-5)9-8-10-20(23)27-21/h8,10,13-19,21-22H,9,11-12H2,1-7H3/b10-8-/t14-,15-,16?,17-,18-,19+,21+/m0/s1. The predicted molar refractivity (Wildman–Crippen MR) is 104 cm³/mol. The second kappa shape index (κ2) is 11.8. The number of hydrogen-bond donors (Lipinski definition) is 1. The Labute approximate surface area is 164 Å². The summed E-state index contributed by atoms with van der Waals surface area (Å²) in [5, 5.41) is 10.8. The molecule has 6 heteroatoms. The fourth-order valence-corrected chi connectivity index (χ4v) is 3.85. The number of rotatable bonds is 4. The zero-order valence-corrected chi connectivity index (χ0v) is 17.9. The lowest BCUT2D eigenvalue weighted by Gasteiger charge is -2.35. The largest absolute Gasteiger partial charge is 0.459 e. The van der Waals surface area contributed by atoms with Crippen LogP contribution in [0.25, 0.3) is 0 Å². The Hall–Kier alpha value is -0.950. The molecule has 7 atom stereocenters. The molecule has 1 unspecified atom stereocenters. The topological polar surface area (TPSA) is 74.2 Å². The van der Waals surface area contributed by atoms with E-state index in [9.17, 15) is 9.90 Å². The summed E-state index contributed by atoms with van der Waals surface area (Å²) in [7, 11) is 5.00. The molecule has 6 nitrogen and oxygen atoms in total. The minimum absolute atomic E-state index is 0.0754. The van der Waals surface area contributed by atoms with Crippen LogP contribution in [0.4, 0.5) is 0 Å². The average Bonchev–Trinajstić information content (AvgIpc) is 2.64. The molecule has 0 aliphatic carbocycles. The number of esters is 1. The highest BCUT2D eigenvalue weighted by Crippen LogP contribution is 2.28. The third-order valence-corrected chi connectivity index (χ3v) is 5.77. The molecule has 0 saturated carbocycles. The number of ether oxygens (including phenoxy) is 4. The van der Waals surface area contributed by atoms with E-state index in [1.165, 1.54) is 6.08 Å². The summed E-state index contributed by atoms with van der Waals surface area (Å²) >= 11 is 0. The predicted octanol–water partition coefficient (Wildman–Crippen LogP) is 2.97. The van der Waals surface area contributed by atoms with Crippen molar-refractivity contribution < 1.29 is 28.8 Å². The van der Waals surface area contributed by atoms with Crippen LogP contribution in [0.15, 0.2) is 12.2 Å². The summed E-state index contributed by atoms with van der Waals surface area (Å²) in [6.07, 6.45) is 3.61. The van der Waals surface area contributed by atoms with Crippen LogP contribution < -0.4 is 0 Å². The van der Waals surface area contributed by atoms with Gasteiger partial charge in [-0.25, -0.2) is 4.79 Å². The number of methoxy groups -OCH3 is 3. The van der Waals surface area contributed by atoms with E-state index in [-0.39, 0.29) is 48.1 Å². The molecule has 0 aromatic heterocycles. The molecule has 0 spiro atoms. The molecule has 0 radical (unpaired) electrons. The van der Waals surface area contributed by atoms with Gasteiger partial charge in [-0.1, -0.05) is 33.8 Å². The first-order chi connectivity index (χ1) is 12.7. The van der Waals surface area contributed by atoms with E-state index in [2.05, 4.69) is 6.92 Å². The van der Waals surface area contributed by atoms with Gasteiger partial charge in [0.1, 0.15) is 6.10 Å². The second-order valence-electron chi connectivity index (χ2n) is 7.95. The Bertz CT molecular complexity index is 464. The molecule has 0 bridgehead atoms. The van der Waals surface area contributed by atoms with Gasteiger partial charge < -0.3 is 24.1 Å². The lowest BCUT2D eigenvalue weighted by atomic mass is 9.83. The fourth-order valence-electron chi connectivity index (χ4n) is 3.85. The highest BCUT2D eigenvalue weighted by Gasteiger charge is 2.35. The van der Waals surface area contributed by atoms with Gasteiger partial charge in [0, 0.05) is 52.1 Å². The molecule has 1 N–H and O–H groups in total. The molecule has 158 valence electrons. The molecule has 0 saturated heterocycles. The molecule has 0 aromatic carbocycles. The maximum Gasteiger partial charge on any atom is 0.330 e. The number of hydrogen-bond acceptors (Lipinski definition) is 6. The first-order valence-electron chi connectivity index (χ1n) is 9.88. The SMILES string of the molecule is COC1C/C=C\C(=O)O[C@H](C(C)C)[C@@H](C)[C@@H](O)C[C@@H](OC)[C@@H](C)[C@@H](OC)C1. The van der Waals surface area contributed by atoms with E-state index in [4.69, 9.17) is 18.9 Å². The monoisotopic (exact) mass is 386 g/mol. The van der Waals surface area contributed by atoms with Crippen LogP contribution in [0, 0.1) is 17.8 Å². The quantitative estimate of drug-likeness (QED) is 0.749. The molecule has 1 aliphatic heterocycles. The Morgan fingerprint density at radius 1 is 1.04 bits per heavy atom. The number of aliphatic hydroxyl groups excluding tert-OH is 1. The lowest BCUT2D eigenvalue weighted by Crippen LogP contribution is -2.42. The Balaban J connectivity index is 3.15. The van der Waals surface area contributed by atoms with Crippen molar-refractivity contribution in [3.63, 3.8) is 0 Å². The van der Waals surface area contributed by atoms with Crippen LogP contribution in [0.1, 0.15) is 47.0 Å². The van der Waals surface area contributed by atoms with E-state index in [0.717, 1.165) is 0 Å². The van der Waals surface area contributed by atoms with Crippen LogP contribution in [-0.2, 0) is 23.7 Å². The normalized spacial score (nSPS) is 38.3. The molecule has 1 heterocycles. The Morgan fingerprint density at radius 2 is 1.63 bits per heavy atom. The van der Waals surface area contributed by atoms with Gasteiger partial charge in [-0.2, -0.15) is 0 Å². The van der Waals surface area contributed by atoms with E-state index in [1.54, 1.807) is 27.4 Å². The number of carbonyl (C=O) groups is 1. The van der Waals surface area contributed by atoms with Gasteiger partial charge in [-0.05, 0) is 12.3 Å². The van der Waals surface area contributed by atoms with Crippen LogP contribution in [-0.4, -0.2) is 62.9 Å². The van der Waals surface area contributed by atoms with Crippen molar-refractivity contribution in [2.24, 2.45) is 17.8 Å². The summed E-state index contributed by atoms with van der Waals surface area (Å²) < 4.78 is 22.6. The van der Waals surface area contributed by atoms with Crippen molar-refractivity contribution in [1.82, 2.24) is 0 Å². The Kier molecular flexibility index (Phi) is 10.5. The average molecular weight is 387 g/mol. The number of cyclic esters (lactones) is 1. The molecule has 1 rings (SSSR count). The van der Waals surface area contributed by atoms with Crippen molar-refractivity contribution in [3.05, 3.63) is 12.2 Å². The van der Waals surface area contributed by atoms with Crippen molar-refractivity contribution in [2.75, 3.05) is 21.3 Å². The van der Waals surface area contributed by atoms with E-state index < -0.39 is 6.10 Å². The van der Waals surface area contributed by atoms with Gasteiger partial charge in [0.05, 0.1) is 24.4 Å². The second-order valence-corrected chi connectivity index (χ2v) is 7.95. The van der Waals surface area contributed by atoms with Crippen molar-refractivity contribution in [2.45, 2.75) is 77.5 Å². The first-order valence-corrected chi connectivity index (χ1v) is 9.88. The van der Waals surface area contributed by atoms with Gasteiger partial charge >= 0.3 is 5.97 Å². The highest BCUT2D eigenvalue weighted by atomic mass is 16.5. The summed E-state index contributed by atoms with van der Waals surface area (Å²) in [5.41, 5.74) is 0. The summed E-state index contributed by atoms with van der Waals surface area (Å²) in [6.45, 7) is 7.98. The third kappa shape index (κ3) is 7.18. The summed E-state index contributed by atoms with van der Waals surface area (Å²) in [6, 6.07) is 0. The number of aliphatic hydroxyl groups is 1. The molecule has 0 amide bonds. The Morgan fingerprint density at radius 3 is 2.15 bits per heavy atom. The van der Waals surface area contributed by atoms with Gasteiger partial charge in [-0.3, -0.25) is 0 Å². The minimum Gasteiger partial charge on any atom is -0.459 e. The van der Waals surface area contributed by atoms with E-state index in [0.29, 0.717) is 19.3 Å². The minimum atomic E-state index is -0.653. The van der Waals surface area contributed by atoms with Crippen molar-refractivity contribution in [3.8, 4) is 0 Å². The molecular weight excluding hydrogens is 348 g/mol. The van der Waals surface area contributed by atoms with Gasteiger partial charge in [-0.15, -0.1) is 0 Å². The van der Waals surface area contributed by atoms with Gasteiger partial charge in [0.2, 0.25) is 0 Å². The van der Waals surface area contributed by atoms with Crippen LogP contribution in [0.3, 0.4) is 0 Å².